The summed E-state index contributed by atoms with van der Waals surface area (Å²) in [5, 5.41) is 8.95. The highest BCUT2D eigenvalue weighted by Crippen LogP contribution is 2.28. The molecule has 1 aliphatic heterocycles. The number of carbonyl (C=O) groups excluding carboxylic acids is 1. The van der Waals surface area contributed by atoms with Gasteiger partial charge in [-0.2, -0.15) is 0 Å². The van der Waals surface area contributed by atoms with Crippen molar-refractivity contribution in [1.82, 2.24) is 0 Å². The number of Topliss-reactive ketones (excluding diaryl/α,β-unsaturated/α-hetero) is 1. The average Bonchev–Trinajstić information content (AvgIpc) is 2.28. The van der Waals surface area contributed by atoms with Crippen molar-refractivity contribution in [3.63, 3.8) is 0 Å². The van der Waals surface area contributed by atoms with Crippen molar-refractivity contribution < 1.29 is 19.4 Å². The smallest absolute Gasteiger partial charge is 0.324 e. The van der Waals surface area contributed by atoms with Crippen LogP contribution in [0.4, 0.5) is 5.69 Å². The number of hydrogen-bond acceptors (Lipinski definition) is 4. The topological polar surface area (TPSA) is 76.0 Å². The van der Waals surface area contributed by atoms with Crippen LogP contribution in [0, 0.1) is 5.92 Å². The Morgan fingerprint density at radius 1 is 1.41 bits per heavy atom. The summed E-state index contributed by atoms with van der Waals surface area (Å²) in [4.78, 5) is 26.9. The lowest BCUT2D eigenvalue weighted by atomic mass is 9.93. The molecule has 0 aromatic heterocycles. The van der Waals surface area contributed by atoms with Gasteiger partial charge in [0.1, 0.15) is 0 Å². The fourth-order valence-electron chi connectivity index (χ4n) is 1.61. The lowest BCUT2D eigenvalue weighted by molar-refractivity contribution is -0.138. The summed E-state index contributed by atoms with van der Waals surface area (Å²) in [7, 11) is 1.30. The summed E-state index contributed by atoms with van der Waals surface area (Å²) in [6.45, 7) is 0. The van der Waals surface area contributed by atoms with Crippen LogP contribution in [0.3, 0.4) is 0 Å². The van der Waals surface area contributed by atoms with E-state index < -0.39 is 17.7 Å². The number of nitrogens with zero attached hydrogens (tertiary/aromatic N) is 1. The minimum Gasteiger partial charge on any atom is -0.483 e. The number of ether oxygens (including phenoxy) is 1. The summed E-state index contributed by atoms with van der Waals surface area (Å²) in [5.74, 6) is -3.15. The molecule has 0 amide bonds. The van der Waals surface area contributed by atoms with E-state index in [1.165, 1.54) is 7.11 Å². The van der Waals surface area contributed by atoms with Gasteiger partial charge in [-0.1, -0.05) is 12.1 Å². The molecule has 1 unspecified atom stereocenters. The molecule has 1 N–H and O–H groups in total. The molecule has 0 spiro atoms. The Balaban J connectivity index is 0.00000144. The zero-order valence-corrected chi connectivity index (χ0v) is 9.73. The fraction of sp³-hybridized carbons (Fsp3) is 0.182. The third kappa shape index (κ3) is 2.14. The summed E-state index contributed by atoms with van der Waals surface area (Å²) in [6, 6.07) is 6.60. The van der Waals surface area contributed by atoms with Crippen LogP contribution in [0.5, 0.6) is 0 Å². The van der Waals surface area contributed by atoms with Crippen molar-refractivity contribution in [3.05, 3.63) is 29.8 Å². The molecule has 90 valence electrons. The Morgan fingerprint density at radius 3 is 2.65 bits per heavy atom. The van der Waals surface area contributed by atoms with Crippen LogP contribution < -0.4 is 0 Å². The number of ketones is 1. The van der Waals surface area contributed by atoms with Gasteiger partial charge in [-0.25, -0.2) is 4.99 Å². The predicted octanol–water partition coefficient (Wildman–Crippen LogP) is 1.68. The first kappa shape index (κ1) is 13.2. The maximum absolute atomic E-state index is 11.9. The van der Waals surface area contributed by atoms with E-state index in [2.05, 4.69) is 4.99 Å². The number of aliphatic carboxylic acids is 1. The van der Waals surface area contributed by atoms with Gasteiger partial charge in [0.05, 0.1) is 12.8 Å². The van der Waals surface area contributed by atoms with E-state index in [1.807, 2.05) is 0 Å². The maximum Gasteiger partial charge on any atom is 0.324 e. The van der Waals surface area contributed by atoms with E-state index >= 15 is 0 Å². The molecule has 1 aromatic rings. The lowest BCUT2D eigenvalue weighted by Crippen LogP contribution is -2.35. The molecule has 0 aliphatic carbocycles. The molecule has 6 heteroatoms. The molecule has 5 nitrogen and oxygen atoms in total. The number of benzene rings is 1. The molecule has 2 rings (SSSR count). The molecular formula is C11H10ClNO4. The van der Waals surface area contributed by atoms with E-state index in [4.69, 9.17) is 9.84 Å². The van der Waals surface area contributed by atoms with Gasteiger partial charge in [0.2, 0.25) is 5.90 Å². The van der Waals surface area contributed by atoms with Crippen LogP contribution in [0.1, 0.15) is 10.4 Å². The van der Waals surface area contributed by atoms with Crippen LogP contribution in [0.25, 0.3) is 0 Å². The van der Waals surface area contributed by atoms with Gasteiger partial charge >= 0.3 is 5.97 Å². The van der Waals surface area contributed by atoms with Gasteiger partial charge in [-0.3, -0.25) is 9.59 Å². The number of para-hydroxylation sites is 1. The molecule has 17 heavy (non-hydrogen) atoms. The Morgan fingerprint density at radius 2 is 2.06 bits per heavy atom. The number of fused-ring (bicyclic) bond motifs is 1. The molecule has 0 radical (unpaired) electrons. The highest BCUT2D eigenvalue weighted by Gasteiger charge is 2.38. The van der Waals surface area contributed by atoms with Crippen molar-refractivity contribution in [2.24, 2.45) is 10.9 Å². The van der Waals surface area contributed by atoms with Gasteiger partial charge in [0.15, 0.2) is 11.7 Å². The number of carboxylic acid groups (broad SMARTS) is 1. The van der Waals surface area contributed by atoms with Crippen molar-refractivity contribution in [1.29, 1.82) is 0 Å². The van der Waals surface area contributed by atoms with Crippen molar-refractivity contribution in [2.75, 3.05) is 7.11 Å². The number of rotatable bonds is 1. The average molecular weight is 256 g/mol. The SMILES string of the molecule is COC1=Nc2ccccc2C(=O)C1C(=O)O.Cl. The highest BCUT2D eigenvalue weighted by molar-refractivity contribution is 6.25. The van der Waals surface area contributed by atoms with Gasteiger partial charge < -0.3 is 9.84 Å². The van der Waals surface area contributed by atoms with Crippen LogP contribution in [0.2, 0.25) is 0 Å². The highest BCUT2D eigenvalue weighted by atomic mass is 35.5. The van der Waals surface area contributed by atoms with E-state index in [0.717, 1.165) is 0 Å². The first-order valence-corrected chi connectivity index (χ1v) is 4.63. The number of aliphatic imine (C=N–C) groups is 1. The Hall–Kier alpha value is -1.88. The molecule has 0 bridgehead atoms. The molecule has 1 aliphatic rings. The zero-order chi connectivity index (χ0) is 11.7. The summed E-state index contributed by atoms with van der Waals surface area (Å²) >= 11 is 0. The number of carbonyl (C=O) groups is 2. The zero-order valence-electron chi connectivity index (χ0n) is 8.91. The minimum atomic E-state index is -1.33. The first-order chi connectivity index (χ1) is 7.65. The quantitative estimate of drug-likeness (QED) is 0.775. The Bertz CT molecular complexity index is 498. The van der Waals surface area contributed by atoms with Crippen LogP contribution in [0.15, 0.2) is 29.3 Å². The molecule has 0 saturated heterocycles. The third-order valence-electron chi connectivity index (χ3n) is 2.37. The summed E-state index contributed by atoms with van der Waals surface area (Å²) < 4.78 is 4.84. The number of hydrogen-bond donors (Lipinski definition) is 1. The second-order valence-corrected chi connectivity index (χ2v) is 3.31. The van der Waals surface area contributed by atoms with Gasteiger partial charge in [0.25, 0.3) is 0 Å². The second-order valence-electron chi connectivity index (χ2n) is 3.31. The number of carboxylic acids is 1. The standard InChI is InChI=1S/C11H9NO4.ClH/c1-16-10-8(11(14)15)9(13)6-4-2-3-5-7(6)12-10;/h2-5,8H,1H3,(H,14,15);1H. The van der Waals surface area contributed by atoms with Gasteiger partial charge in [-0.15, -0.1) is 12.4 Å². The minimum absolute atomic E-state index is 0. The molecule has 1 aromatic carbocycles. The third-order valence-corrected chi connectivity index (χ3v) is 2.37. The summed E-state index contributed by atoms with van der Waals surface area (Å²) in [6.07, 6.45) is 0. The van der Waals surface area contributed by atoms with E-state index in [-0.39, 0.29) is 18.3 Å². The molecular weight excluding hydrogens is 246 g/mol. The first-order valence-electron chi connectivity index (χ1n) is 4.63. The number of halogens is 1. The second kappa shape index (κ2) is 4.97. The van der Waals surface area contributed by atoms with Crippen molar-refractivity contribution in [3.8, 4) is 0 Å². The van der Waals surface area contributed by atoms with Gasteiger partial charge in [-0.05, 0) is 12.1 Å². The van der Waals surface area contributed by atoms with Gasteiger partial charge in [0, 0.05) is 5.56 Å². The van der Waals surface area contributed by atoms with Crippen molar-refractivity contribution >= 4 is 35.7 Å². The van der Waals surface area contributed by atoms with Crippen LogP contribution in [-0.4, -0.2) is 29.9 Å². The summed E-state index contributed by atoms with van der Waals surface area (Å²) in [5.41, 5.74) is 0.762. The van der Waals surface area contributed by atoms with E-state index in [1.54, 1.807) is 24.3 Å². The normalized spacial score (nSPS) is 17.6. The lowest BCUT2D eigenvalue weighted by Gasteiger charge is -2.19. The predicted molar refractivity (Wildman–Crippen MR) is 63.3 cm³/mol. The fourth-order valence-corrected chi connectivity index (χ4v) is 1.61. The van der Waals surface area contributed by atoms with E-state index in [9.17, 15) is 9.59 Å². The molecule has 1 heterocycles. The Labute approximate surface area is 104 Å². The van der Waals surface area contributed by atoms with Crippen LogP contribution in [-0.2, 0) is 9.53 Å². The molecule has 0 fully saturated rings. The maximum atomic E-state index is 11.9. The van der Waals surface area contributed by atoms with E-state index in [0.29, 0.717) is 11.3 Å². The van der Waals surface area contributed by atoms with Crippen LogP contribution >= 0.6 is 12.4 Å². The molecule has 0 saturated carbocycles. The van der Waals surface area contributed by atoms with Crippen molar-refractivity contribution in [2.45, 2.75) is 0 Å². The Kier molecular flexibility index (Phi) is 3.85. The number of methoxy groups -OCH3 is 1. The largest absolute Gasteiger partial charge is 0.483 e. The molecule has 1 atom stereocenters. The monoisotopic (exact) mass is 255 g/mol.